The van der Waals surface area contributed by atoms with E-state index in [4.69, 9.17) is 16.3 Å². The molecule has 1 unspecified atom stereocenters. The summed E-state index contributed by atoms with van der Waals surface area (Å²) < 4.78 is 7.04. The fourth-order valence-electron chi connectivity index (χ4n) is 2.52. The first kappa shape index (κ1) is 15.9. The molecule has 0 radical (unpaired) electrons. The zero-order valence-corrected chi connectivity index (χ0v) is 13.7. The van der Waals surface area contributed by atoms with Gasteiger partial charge in [0.05, 0.1) is 12.8 Å². The third kappa shape index (κ3) is 3.57. The summed E-state index contributed by atoms with van der Waals surface area (Å²) in [6.45, 7) is 4.99. The van der Waals surface area contributed by atoms with Gasteiger partial charge in [0, 0.05) is 18.7 Å². The predicted molar refractivity (Wildman–Crippen MR) is 86.1 cm³/mol. The lowest BCUT2D eigenvalue weighted by Crippen LogP contribution is -2.23. The maximum atomic E-state index is 6.35. The first-order valence-electron chi connectivity index (χ1n) is 7.12. The van der Waals surface area contributed by atoms with E-state index in [-0.39, 0.29) is 6.04 Å². The van der Waals surface area contributed by atoms with Gasteiger partial charge in [-0.15, -0.1) is 0 Å². The number of nitrogens with one attached hydrogen (secondary N) is 1. The molecule has 1 aromatic heterocycles. The Hall–Kier alpha value is -1.52. The fourth-order valence-corrected chi connectivity index (χ4v) is 2.77. The molecule has 1 atom stereocenters. The number of hydrogen-bond acceptors (Lipinski definition) is 3. The molecule has 0 spiro atoms. The summed E-state index contributed by atoms with van der Waals surface area (Å²) in [6, 6.07) is 8.32. The number of methoxy groups -OCH3 is 1. The first-order valence-corrected chi connectivity index (χ1v) is 7.49. The van der Waals surface area contributed by atoms with Gasteiger partial charge in [0.15, 0.2) is 0 Å². The summed E-state index contributed by atoms with van der Waals surface area (Å²) in [7, 11) is 3.55. The SMILES string of the molecule is CCNC(Cc1c(C)nn(C)c1Cl)c1cccc(OC)c1. The Bertz CT molecular complexity index is 610. The molecule has 0 saturated carbocycles. The number of nitrogens with zero attached hydrogens (tertiary/aromatic N) is 2. The van der Waals surface area contributed by atoms with Crippen LogP contribution in [-0.2, 0) is 13.5 Å². The molecule has 2 aromatic rings. The average Bonchev–Trinajstić information content (AvgIpc) is 2.73. The summed E-state index contributed by atoms with van der Waals surface area (Å²) in [4.78, 5) is 0. The van der Waals surface area contributed by atoms with Gasteiger partial charge in [0.25, 0.3) is 0 Å². The van der Waals surface area contributed by atoms with Crippen molar-refractivity contribution in [3.8, 4) is 5.75 Å². The second-order valence-electron chi connectivity index (χ2n) is 5.07. The Morgan fingerprint density at radius 3 is 2.76 bits per heavy atom. The smallest absolute Gasteiger partial charge is 0.130 e. The number of aromatic nitrogens is 2. The van der Waals surface area contributed by atoms with Crippen LogP contribution >= 0.6 is 11.6 Å². The van der Waals surface area contributed by atoms with Crippen molar-refractivity contribution in [2.24, 2.45) is 7.05 Å². The van der Waals surface area contributed by atoms with Gasteiger partial charge >= 0.3 is 0 Å². The monoisotopic (exact) mass is 307 g/mol. The van der Waals surface area contributed by atoms with Crippen LogP contribution in [0.5, 0.6) is 5.75 Å². The molecule has 5 heteroatoms. The third-order valence-corrected chi connectivity index (χ3v) is 4.10. The summed E-state index contributed by atoms with van der Waals surface area (Å²) in [6.07, 6.45) is 0.805. The molecule has 2 rings (SSSR count). The molecule has 0 aliphatic heterocycles. The Kier molecular flexibility index (Phi) is 5.26. The van der Waals surface area contributed by atoms with Gasteiger partial charge in [-0.3, -0.25) is 4.68 Å². The minimum absolute atomic E-state index is 0.186. The highest BCUT2D eigenvalue weighted by atomic mass is 35.5. The van der Waals surface area contributed by atoms with E-state index < -0.39 is 0 Å². The van der Waals surface area contributed by atoms with Crippen LogP contribution in [0.25, 0.3) is 0 Å². The van der Waals surface area contributed by atoms with Crippen LogP contribution in [0, 0.1) is 6.92 Å². The minimum atomic E-state index is 0.186. The van der Waals surface area contributed by atoms with E-state index in [9.17, 15) is 0 Å². The van der Waals surface area contributed by atoms with E-state index in [1.165, 1.54) is 5.56 Å². The second kappa shape index (κ2) is 6.96. The standard InChI is InChI=1S/C16H22ClN3O/c1-5-18-15(12-7-6-8-13(9-12)21-4)10-14-11(2)19-20(3)16(14)17/h6-9,15,18H,5,10H2,1-4H3. The number of aryl methyl sites for hydroxylation is 2. The maximum absolute atomic E-state index is 6.35. The molecule has 0 bridgehead atoms. The highest BCUT2D eigenvalue weighted by Gasteiger charge is 2.18. The largest absolute Gasteiger partial charge is 0.497 e. The number of ether oxygens (including phenoxy) is 1. The van der Waals surface area contributed by atoms with Crippen molar-refractivity contribution in [2.75, 3.05) is 13.7 Å². The van der Waals surface area contributed by atoms with Crippen LogP contribution in [-0.4, -0.2) is 23.4 Å². The fraction of sp³-hybridized carbons (Fsp3) is 0.438. The van der Waals surface area contributed by atoms with Crippen LogP contribution in [0.15, 0.2) is 24.3 Å². The van der Waals surface area contributed by atoms with Gasteiger partial charge < -0.3 is 10.1 Å². The number of hydrogen-bond donors (Lipinski definition) is 1. The molecular formula is C16H22ClN3O. The van der Waals surface area contributed by atoms with Crippen LogP contribution < -0.4 is 10.1 Å². The predicted octanol–water partition coefficient (Wildman–Crippen LogP) is 3.28. The van der Waals surface area contributed by atoms with Crippen molar-refractivity contribution in [2.45, 2.75) is 26.3 Å². The van der Waals surface area contributed by atoms with E-state index in [0.717, 1.165) is 30.0 Å². The number of rotatable bonds is 6. The van der Waals surface area contributed by atoms with E-state index in [0.29, 0.717) is 5.15 Å². The second-order valence-corrected chi connectivity index (χ2v) is 5.43. The molecule has 114 valence electrons. The Balaban J connectivity index is 2.30. The molecule has 1 heterocycles. The molecule has 0 fully saturated rings. The number of halogens is 1. The van der Waals surface area contributed by atoms with Crippen molar-refractivity contribution in [3.05, 3.63) is 46.2 Å². The number of benzene rings is 1. The van der Waals surface area contributed by atoms with Crippen LogP contribution in [0.4, 0.5) is 0 Å². The highest BCUT2D eigenvalue weighted by Crippen LogP contribution is 2.27. The maximum Gasteiger partial charge on any atom is 0.130 e. The zero-order valence-electron chi connectivity index (χ0n) is 13.0. The van der Waals surface area contributed by atoms with E-state index in [2.05, 4.69) is 29.5 Å². The minimum Gasteiger partial charge on any atom is -0.497 e. The van der Waals surface area contributed by atoms with Crippen molar-refractivity contribution in [3.63, 3.8) is 0 Å². The summed E-state index contributed by atoms with van der Waals surface area (Å²) in [5.74, 6) is 0.865. The topological polar surface area (TPSA) is 39.1 Å². The lowest BCUT2D eigenvalue weighted by atomic mass is 9.99. The van der Waals surface area contributed by atoms with Crippen molar-refractivity contribution in [1.29, 1.82) is 0 Å². The number of likely N-dealkylation sites (N-methyl/N-ethyl adjacent to an activating group) is 1. The molecule has 0 aliphatic carbocycles. The highest BCUT2D eigenvalue weighted by molar-refractivity contribution is 6.30. The summed E-state index contributed by atoms with van der Waals surface area (Å²) in [5.41, 5.74) is 3.26. The molecule has 1 aromatic carbocycles. The molecule has 1 N–H and O–H groups in total. The molecule has 4 nitrogen and oxygen atoms in total. The van der Waals surface area contributed by atoms with Gasteiger partial charge in [-0.05, 0) is 37.6 Å². The Morgan fingerprint density at radius 2 is 2.19 bits per heavy atom. The van der Waals surface area contributed by atoms with Crippen molar-refractivity contribution >= 4 is 11.6 Å². The normalized spacial score (nSPS) is 12.4. The van der Waals surface area contributed by atoms with Gasteiger partial charge in [0.2, 0.25) is 0 Å². The quantitative estimate of drug-likeness (QED) is 0.890. The average molecular weight is 308 g/mol. The van der Waals surface area contributed by atoms with E-state index in [1.807, 2.05) is 26.1 Å². The van der Waals surface area contributed by atoms with Crippen LogP contribution in [0.3, 0.4) is 0 Å². The van der Waals surface area contributed by atoms with E-state index in [1.54, 1.807) is 11.8 Å². The van der Waals surface area contributed by atoms with Gasteiger partial charge in [-0.1, -0.05) is 30.7 Å². The molecular weight excluding hydrogens is 286 g/mol. The Labute approximate surface area is 131 Å². The first-order chi connectivity index (χ1) is 10.1. The molecule has 0 amide bonds. The van der Waals surface area contributed by atoms with Gasteiger partial charge in [-0.25, -0.2) is 0 Å². The van der Waals surface area contributed by atoms with Crippen LogP contribution in [0.1, 0.15) is 29.8 Å². The Morgan fingerprint density at radius 1 is 1.43 bits per heavy atom. The van der Waals surface area contributed by atoms with Gasteiger partial charge in [-0.2, -0.15) is 5.10 Å². The third-order valence-electron chi connectivity index (χ3n) is 3.62. The zero-order chi connectivity index (χ0) is 15.4. The molecule has 0 saturated heterocycles. The molecule has 0 aliphatic rings. The van der Waals surface area contributed by atoms with Crippen molar-refractivity contribution < 1.29 is 4.74 Å². The lowest BCUT2D eigenvalue weighted by Gasteiger charge is -2.19. The van der Waals surface area contributed by atoms with Gasteiger partial charge in [0.1, 0.15) is 10.9 Å². The molecule has 21 heavy (non-hydrogen) atoms. The van der Waals surface area contributed by atoms with Crippen molar-refractivity contribution in [1.82, 2.24) is 15.1 Å². The lowest BCUT2D eigenvalue weighted by molar-refractivity contribution is 0.413. The van der Waals surface area contributed by atoms with Crippen LogP contribution in [0.2, 0.25) is 5.15 Å². The summed E-state index contributed by atoms with van der Waals surface area (Å²) >= 11 is 6.35. The van der Waals surface area contributed by atoms with E-state index >= 15 is 0 Å². The summed E-state index contributed by atoms with van der Waals surface area (Å²) in [5, 5.41) is 8.60.